The molecule has 0 radical (unpaired) electrons. The summed E-state index contributed by atoms with van der Waals surface area (Å²) in [6, 6.07) is 0. The van der Waals surface area contributed by atoms with Crippen LogP contribution in [0.5, 0.6) is 0 Å². The minimum atomic E-state index is 0.177. The summed E-state index contributed by atoms with van der Waals surface area (Å²) in [5, 5.41) is 8.48. The molecule has 0 aliphatic rings. The van der Waals surface area contributed by atoms with Crippen molar-refractivity contribution < 1.29 is 5.11 Å². The molecule has 0 rings (SSSR count). The maximum atomic E-state index is 8.48. The van der Waals surface area contributed by atoms with Crippen molar-refractivity contribution in [2.75, 3.05) is 20.2 Å². The van der Waals surface area contributed by atoms with E-state index in [4.69, 9.17) is 17.3 Å². The number of hydrogen-bond donors (Lipinski definition) is 1. The third kappa shape index (κ3) is 3.43. The van der Waals surface area contributed by atoms with Gasteiger partial charge in [-0.05, 0) is 6.42 Å². The van der Waals surface area contributed by atoms with Crippen LogP contribution in [-0.4, -0.2) is 35.2 Å². The Kier molecular flexibility index (Phi) is 4.62. The van der Waals surface area contributed by atoms with Crippen molar-refractivity contribution in [1.82, 2.24) is 4.90 Å². The summed E-state index contributed by atoms with van der Waals surface area (Å²) in [4.78, 5) is 2.79. The molecule has 0 bridgehead atoms. The van der Waals surface area contributed by atoms with Crippen molar-refractivity contribution in [2.24, 2.45) is 0 Å². The van der Waals surface area contributed by atoms with Crippen LogP contribution in [0.3, 0.4) is 0 Å². The van der Waals surface area contributed by atoms with Gasteiger partial charge < -0.3 is 10.0 Å². The van der Waals surface area contributed by atoms with Gasteiger partial charge in [0.25, 0.3) is 0 Å². The molecule has 0 spiro atoms. The minimum Gasteiger partial charge on any atom is -0.395 e. The molecule has 0 aliphatic heterocycles. The quantitative estimate of drug-likeness (QED) is 0.593. The summed E-state index contributed by atoms with van der Waals surface area (Å²) in [6.07, 6.45) is 0.881. The maximum absolute atomic E-state index is 8.48. The lowest BCUT2D eigenvalue weighted by Crippen LogP contribution is -2.27. The Morgan fingerprint density at radius 3 is 2.56 bits per heavy atom. The zero-order valence-corrected chi connectivity index (χ0v) is 6.74. The van der Waals surface area contributed by atoms with Gasteiger partial charge >= 0.3 is 0 Å². The zero-order chi connectivity index (χ0) is 7.28. The van der Waals surface area contributed by atoms with Crippen LogP contribution in [0.2, 0.25) is 0 Å². The van der Waals surface area contributed by atoms with E-state index in [0.717, 1.165) is 11.4 Å². The molecule has 0 heterocycles. The van der Waals surface area contributed by atoms with E-state index in [1.807, 2.05) is 18.9 Å². The van der Waals surface area contributed by atoms with Crippen molar-refractivity contribution in [3.8, 4) is 0 Å². The van der Waals surface area contributed by atoms with Crippen LogP contribution in [0, 0.1) is 0 Å². The molecule has 0 atom stereocenters. The normalized spacial score (nSPS) is 9.22. The summed E-state index contributed by atoms with van der Waals surface area (Å²) in [7, 11) is 1.89. The molecule has 2 nitrogen and oxygen atoms in total. The third-order valence-corrected chi connectivity index (χ3v) is 1.76. The molecular formula is C6H13NOS. The molecule has 9 heavy (non-hydrogen) atoms. The monoisotopic (exact) mass is 147 g/mol. The maximum Gasteiger partial charge on any atom is 0.0774 e. The number of thiocarbonyl (C=S) groups is 1. The summed E-state index contributed by atoms with van der Waals surface area (Å²) in [5.41, 5.74) is 0. The lowest BCUT2D eigenvalue weighted by molar-refractivity contribution is 0.264. The van der Waals surface area contributed by atoms with E-state index < -0.39 is 0 Å². The number of hydrogen-bond acceptors (Lipinski definition) is 2. The standard InChI is InChI=1S/C6H13NOS/c1-3-6(9)7(2)4-5-8/h8H,3-5H2,1-2H3. The van der Waals surface area contributed by atoms with Crippen LogP contribution < -0.4 is 0 Å². The predicted octanol–water partition coefficient (Wildman–Crippen LogP) is 0.648. The molecule has 0 saturated heterocycles. The number of nitrogens with zero attached hydrogens (tertiary/aromatic N) is 1. The summed E-state index contributed by atoms with van der Waals surface area (Å²) < 4.78 is 0. The lowest BCUT2D eigenvalue weighted by Gasteiger charge is -2.16. The average molecular weight is 147 g/mol. The molecular weight excluding hydrogens is 134 g/mol. The SMILES string of the molecule is CCC(=S)N(C)CCO. The van der Waals surface area contributed by atoms with E-state index in [1.165, 1.54) is 0 Å². The summed E-state index contributed by atoms with van der Waals surface area (Å²) >= 11 is 4.96. The highest BCUT2D eigenvalue weighted by Gasteiger charge is 1.97. The van der Waals surface area contributed by atoms with E-state index in [9.17, 15) is 0 Å². The third-order valence-electron chi connectivity index (χ3n) is 1.16. The largest absolute Gasteiger partial charge is 0.395 e. The fourth-order valence-electron chi connectivity index (χ4n) is 0.545. The minimum absolute atomic E-state index is 0.177. The van der Waals surface area contributed by atoms with Crippen LogP contribution in [0.1, 0.15) is 13.3 Å². The molecule has 0 aliphatic carbocycles. The van der Waals surface area contributed by atoms with Crippen molar-refractivity contribution >= 4 is 17.2 Å². The molecule has 54 valence electrons. The predicted molar refractivity (Wildman–Crippen MR) is 42.6 cm³/mol. The van der Waals surface area contributed by atoms with Gasteiger partial charge in [-0.3, -0.25) is 0 Å². The van der Waals surface area contributed by atoms with Gasteiger partial charge in [-0.1, -0.05) is 19.1 Å². The van der Waals surface area contributed by atoms with Crippen molar-refractivity contribution in [1.29, 1.82) is 0 Å². The second kappa shape index (κ2) is 4.70. The average Bonchev–Trinajstić information content (AvgIpc) is 1.87. The Morgan fingerprint density at radius 2 is 2.22 bits per heavy atom. The van der Waals surface area contributed by atoms with Crippen LogP contribution in [0.25, 0.3) is 0 Å². The molecule has 1 N–H and O–H groups in total. The second-order valence-electron chi connectivity index (χ2n) is 1.89. The van der Waals surface area contributed by atoms with Crippen LogP contribution in [0.15, 0.2) is 0 Å². The van der Waals surface area contributed by atoms with E-state index in [2.05, 4.69) is 0 Å². The van der Waals surface area contributed by atoms with Gasteiger partial charge in [-0.15, -0.1) is 0 Å². The fraction of sp³-hybridized carbons (Fsp3) is 0.833. The second-order valence-corrected chi connectivity index (χ2v) is 2.36. The van der Waals surface area contributed by atoms with Gasteiger partial charge in [0.15, 0.2) is 0 Å². The van der Waals surface area contributed by atoms with Gasteiger partial charge in [0.1, 0.15) is 0 Å². The van der Waals surface area contributed by atoms with Gasteiger partial charge in [0, 0.05) is 13.6 Å². The molecule has 0 aromatic heterocycles. The first kappa shape index (κ1) is 8.85. The molecule has 0 fully saturated rings. The van der Waals surface area contributed by atoms with E-state index in [1.54, 1.807) is 0 Å². The molecule has 0 unspecified atom stereocenters. The number of likely N-dealkylation sites (N-methyl/N-ethyl adjacent to an activating group) is 1. The van der Waals surface area contributed by atoms with Gasteiger partial charge in [0.2, 0.25) is 0 Å². The smallest absolute Gasteiger partial charge is 0.0774 e. The highest BCUT2D eigenvalue weighted by Crippen LogP contribution is 1.90. The molecule has 0 aromatic rings. The Balaban J connectivity index is 3.45. The van der Waals surface area contributed by atoms with Gasteiger partial charge in [-0.2, -0.15) is 0 Å². The zero-order valence-electron chi connectivity index (χ0n) is 5.92. The van der Waals surface area contributed by atoms with Crippen LogP contribution in [-0.2, 0) is 0 Å². The highest BCUT2D eigenvalue weighted by atomic mass is 32.1. The first-order valence-electron chi connectivity index (χ1n) is 3.07. The molecule has 0 aromatic carbocycles. The lowest BCUT2D eigenvalue weighted by atomic mass is 10.4. The Labute approximate surface area is 61.5 Å². The molecule has 3 heteroatoms. The van der Waals surface area contributed by atoms with E-state index >= 15 is 0 Å². The van der Waals surface area contributed by atoms with Crippen molar-refractivity contribution in [3.05, 3.63) is 0 Å². The van der Waals surface area contributed by atoms with Crippen molar-refractivity contribution in [2.45, 2.75) is 13.3 Å². The first-order chi connectivity index (χ1) is 4.22. The Bertz CT molecular complexity index is 95.1. The van der Waals surface area contributed by atoms with Crippen molar-refractivity contribution in [3.63, 3.8) is 0 Å². The van der Waals surface area contributed by atoms with Gasteiger partial charge in [0.05, 0.1) is 11.6 Å². The highest BCUT2D eigenvalue weighted by molar-refractivity contribution is 7.80. The number of aliphatic hydroxyl groups excluding tert-OH is 1. The Morgan fingerprint density at radius 1 is 1.67 bits per heavy atom. The van der Waals surface area contributed by atoms with E-state index in [0.29, 0.717) is 6.54 Å². The summed E-state index contributed by atoms with van der Waals surface area (Å²) in [5.74, 6) is 0. The van der Waals surface area contributed by atoms with Crippen LogP contribution in [0.4, 0.5) is 0 Å². The molecule has 0 amide bonds. The Hall–Kier alpha value is -0.150. The topological polar surface area (TPSA) is 23.5 Å². The first-order valence-corrected chi connectivity index (χ1v) is 3.48. The fourth-order valence-corrected chi connectivity index (χ4v) is 0.636. The number of rotatable bonds is 3. The summed E-state index contributed by atoms with van der Waals surface area (Å²) in [6.45, 7) is 2.83. The molecule has 0 saturated carbocycles. The van der Waals surface area contributed by atoms with Gasteiger partial charge in [-0.25, -0.2) is 0 Å². The number of aliphatic hydroxyl groups is 1. The van der Waals surface area contributed by atoms with Crippen LogP contribution >= 0.6 is 12.2 Å². The van der Waals surface area contributed by atoms with E-state index in [-0.39, 0.29) is 6.61 Å².